The Bertz CT molecular complexity index is 876. The molecule has 0 radical (unpaired) electrons. The summed E-state index contributed by atoms with van der Waals surface area (Å²) >= 11 is 5.43. The number of aromatic hydroxyl groups is 1. The molecule has 0 atom stereocenters. The number of amides is 2. The van der Waals surface area contributed by atoms with E-state index in [1.807, 2.05) is 25.1 Å². The molecule has 0 bridgehead atoms. The van der Waals surface area contributed by atoms with E-state index in [0.717, 1.165) is 6.42 Å². The number of phenols is 1. The smallest absolute Gasteiger partial charge is 0.270 e. The first kappa shape index (κ1) is 17.8. The van der Waals surface area contributed by atoms with E-state index in [9.17, 15) is 14.7 Å². The SMILES string of the molecule is CCCN1C(=O)/C(=C\c2ccc(O)cc2)C(=O)N(c2ccccc2)C1=S. The van der Waals surface area contributed by atoms with Gasteiger partial charge in [-0.2, -0.15) is 0 Å². The van der Waals surface area contributed by atoms with Gasteiger partial charge in [-0.3, -0.25) is 19.4 Å². The lowest BCUT2D eigenvalue weighted by atomic mass is 10.1. The number of anilines is 1. The van der Waals surface area contributed by atoms with E-state index in [4.69, 9.17) is 12.2 Å². The largest absolute Gasteiger partial charge is 0.508 e. The molecule has 0 spiro atoms. The van der Waals surface area contributed by atoms with Crippen molar-refractivity contribution in [3.63, 3.8) is 0 Å². The van der Waals surface area contributed by atoms with Gasteiger partial charge in [-0.1, -0.05) is 37.3 Å². The van der Waals surface area contributed by atoms with Gasteiger partial charge in [0.2, 0.25) is 0 Å². The van der Waals surface area contributed by atoms with E-state index in [0.29, 0.717) is 17.8 Å². The summed E-state index contributed by atoms with van der Waals surface area (Å²) in [6, 6.07) is 15.3. The van der Waals surface area contributed by atoms with Crippen molar-refractivity contribution >= 4 is 40.9 Å². The summed E-state index contributed by atoms with van der Waals surface area (Å²) in [6.45, 7) is 2.38. The number of rotatable bonds is 4. The molecule has 0 unspecified atom stereocenters. The van der Waals surface area contributed by atoms with E-state index in [-0.39, 0.29) is 16.4 Å². The Kier molecular flexibility index (Phi) is 5.14. The lowest BCUT2D eigenvalue weighted by Gasteiger charge is -2.36. The van der Waals surface area contributed by atoms with Crippen LogP contribution in [0.4, 0.5) is 5.69 Å². The third-order valence-corrected chi connectivity index (χ3v) is 4.40. The minimum absolute atomic E-state index is 0.0431. The highest BCUT2D eigenvalue weighted by Gasteiger charge is 2.39. The number of para-hydroxylation sites is 1. The van der Waals surface area contributed by atoms with Gasteiger partial charge in [0.1, 0.15) is 11.3 Å². The molecule has 1 heterocycles. The van der Waals surface area contributed by atoms with Crippen LogP contribution in [0.1, 0.15) is 18.9 Å². The number of thiocarbonyl (C=S) groups is 1. The molecular formula is C20H18N2O3S. The number of carbonyl (C=O) groups excluding carboxylic acids is 2. The van der Waals surface area contributed by atoms with Gasteiger partial charge in [-0.05, 0) is 54.5 Å². The quantitative estimate of drug-likeness (QED) is 0.512. The first-order chi connectivity index (χ1) is 12.5. The average Bonchev–Trinajstić information content (AvgIpc) is 2.65. The van der Waals surface area contributed by atoms with E-state index >= 15 is 0 Å². The molecule has 0 aliphatic carbocycles. The number of hydrogen-bond donors (Lipinski definition) is 1. The summed E-state index contributed by atoms with van der Waals surface area (Å²) in [4.78, 5) is 28.7. The molecule has 1 aliphatic heterocycles. The zero-order chi connectivity index (χ0) is 18.7. The first-order valence-corrected chi connectivity index (χ1v) is 8.69. The van der Waals surface area contributed by atoms with Crippen LogP contribution in [-0.2, 0) is 9.59 Å². The highest BCUT2D eigenvalue weighted by molar-refractivity contribution is 7.80. The average molecular weight is 366 g/mol. The molecule has 2 aromatic rings. The fourth-order valence-corrected chi connectivity index (χ4v) is 3.10. The van der Waals surface area contributed by atoms with Gasteiger partial charge in [0.05, 0.1) is 5.69 Å². The number of carbonyl (C=O) groups is 2. The first-order valence-electron chi connectivity index (χ1n) is 8.29. The van der Waals surface area contributed by atoms with Crippen LogP contribution in [0.25, 0.3) is 6.08 Å². The third-order valence-electron chi connectivity index (χ3n) is 4.00. The van der Waals surface area contributed by atoms with Crippen LogP contribution >= 0.6 is 12.2 Å². The summed E-state index contributed by atoms with van der Waals surface area (Å²) in [7, 11) is 0. The summed E-state index contributed by atoms with van der Waals surface area (Å²) in [6.07, 6.45) is 2.25. The fraction of sp³-hybridized carbons (Fsp3) is 0.150. The van der Waals surface area contributed by atoms with Crippen molar-refractivity contribution in [1.82, 2.24) is 4.90 Å². The van der Waals surface area contributed by atoms with Gasteiger partial charge in [0, 0.05) is 6.54 Å². The van der Waals surface area contributed by atoms with Gasteiger partial charge >= 0.3 is 0 Å². The highest BCUT2D eigenvalue weighted by atomic mass is 32.1. The Morgan fingerprint density at radius 3 is 2.27 bits per heavy atom. The Labute approximate surface area is 157 Å². The number of nitrogens with zero attached hydrogens (tertiary/aromatic N) is 2. The second-order valence-electron chi connectivity index (χ2n) is 5.87. The molecule has 2 aromatic carbocycles. The maximum atomic E-state index is 13.0. The van der Waals surface area contributed by atoms with Gasteiger partial charge in [0.15, 0.2) is 5.11 Å². The van der Waals surface area contributed by atoms with Crippen molar-refractivity contribution < 1.29 is 14.7 Å². The molecule has 1 N–H and O–H groups in total. The predicted octanol–water partition coefficient (Wildman–Crippen LogP) is 3.35. The van der Waals surface area contributed by atoms with Gasteiger partial charge in [-0.25, -0.2) is 0 Å². The minimum Gasteiger partial charge on any atom is -0.508 e. The van der Waals surface area contributed by atoms with Crippen LogP contribution < -0.4 is 4.90 Å². The van der Waals surface area contributed by atoms with Crippen LogP contribution in [0.15, 0.2) is 60.2 Å². The van der Waals surface area contributed by atoms with E-state index in [2.05, 4.69) is 0 Å². The molecule has 6 heteroatoms. The fourth-order valence-electron chi connectivity index (χ4n) is 2.74. The Hall–Kier alpha value is -2.99. The Morgan fingerprint density at radius 2 is 1.65 bits per heavy atom. The van der Waals surface area contributed by atoms with Crippen LogP contribution in [0.3, 0.4) is 0 Å². The lowest BCUT2D eigenvalue weighted by Crippen LogP contribution is -2.56. The molecule has 2 amide bonds. The van der Waals surface area contributed by atoms with Crippen molar-refractivity contribution in [2.45, 2.75) is 13.3 Å². The minimum atomic E-state index is -0.452. The van der Waals surface area contributed by atoms with Gasteiger partial charge in [0.25, 0.3) is 11.8 Å². The zero-order valence-electron chi connectivity index (χ0n) is 14.3. The Balaban J connectivity index is 2.07. The van der Waals surface area contributed by atoms with Crippen LogP contribution in [0.5, 0.6) is 5.75 Å². The normalized spacial score (nSPS) is 16.5. The second-order valence-corrected chi connectivity index (χ2v) is 6.23. The maximum Gasteiger partial charge on any atom is 0.270 e. The van der Waals surface area contributed by atoms with Crippen LogP contribution in [0, 0.1) is 0 Å². The van der Waals surface area contributed by atoms with Gasteiger partial charge < -0.3 is 5.11 Å². The summed E-state index contributed by atoms with van der Waals surface area (Å²) in [5, 5.41) is 9.61. The summed E-state index contributed by atoms with van der Waals surface area (Å²) in [5.41, 5.74) is 1.31. The maximum absolute atomic E-state index is 13.0. The Morgan fingerprint density at radius 1 is 1.00 bits per heavy atom. The molecule has 0 aromatic heterocycles. The van der Waals surface area contributed by atoms with Crippen molar-refractivity contribution in [3.05, 3.63) is 65.7 Å². The number of hydrogen-bond acceptors (Lipinski definition) is 4. The van der Waals surface area contributed by atoms with Gasteiger partial charge in [-0.15, -0.1) is 0 Å². The molecule has 132 valence electrons. The standard InChI is InChI=1S/C20H18N2O3S/c1-2-12-21-18(24)17(13-14-8-10-16(23)11-9-14)19(25)22(20(21)26)15-6-4-3-5-7-15/h3-11,13,23H,2,12H2,1H3/b17-13+. The molecular weight excluding hydrogens is 348 g/mol. The summed E-state index contributed by atoms with van der Waals surface area (Å²) < 4.78 is 0. The van der Waals surface area contributed by atoms with Crippen LogP contribution in [-0.4, -0.2) is 33.5 Å². The summed E-state index contributed by atoms with van der Waals surface area (Å²) in [5.74, 6) is -0.734. The predicted molar refractivity (Wildman–Crippen MR) is 105 cm³/mol. The molecule has 0 saturated carbocycles. The number of phenolic OH excluding ortho intramolecular Hbond substituents is 1. The monoisotopic (exact) mass is 366 g/mol. The molecule has 1 aliphatic rings. The van der Waals surface area contributed by atoms with E-state index < -0.39 is 11.8 Å². The second kappa shape index (κ2) is 7.49. The molecule has 1 saturated heterocycles. The molecule has 1 fully saturated rings. The van der Waals surface area contributed by atoms with E-state index in [1.165, 1.54) is 28.0 Å². The third kappa shape index (κ3) is 3.36. The van der Waals surface area contributed by atoms with E-state index in [1.54, 1.807) is 24.3 Å². The topological polar surface area (TPSA) is 60.9 Å². The molecule has 26 heavy (non-hydrogen) atoms. The van der Waals surface area contributed by atoms with Crippen molar-refractivity contribution in [3.8, 4) is 5.75 Å². The van der Waals surface area contributed by atoms with Crippen molar-refractivity contribution in [2.24, 2.45) is 0 Å². The highest BCUT2D eigenvalue weighted by Crippen LogP contribution is 2.26. The lowest BCUT2D eigenvalue weighted by molar-refractivity contribution is -0.127. The van der Waals surface area contributed by atoms with Crippen molar-refractivity contribution in [1.29, 1.82) is 0 Å². The zero-order valence-corrected chi connectivity index (χ0v) is 15.1. The van der Waals surface area contributed by atoms with Crippen molar-refractivity contribution in [2.75, 3.05) is 11.4 Å². The molecule has 3 rings (SSSR count). The molecule has 5 nitrogen and oxygen atoms in total. The number of benzene rings is 2. The van der Waals surface area contributed by atoms with Crippen LogP contribution in [0.2, 0.25) is 0 Å².